The van der Waals surface area contributed by atoms with Gasteiger partial charge in [-0.2, -0.15) is 0 Å². The summed E-state index contributed by atoms with van der Waals surface area (Å²) in [5.41, 5.74) is 6.85. The van der Waals surface area contributed by atoms with Gasteiger partial charge in [0.2, 0.25) is 0 Å². The van der Waals surface area contributed by atoms with E-state index in [2.05, 4.69) is 17.2 Å². The van der Waals surface area contributed by atoms with E-state index in [1.54, 1.807) is 7.11 Å². The molecule has 0 bridgehead atoms. The lowest BCUT2D eigenvalue weighted by Gasteiger charge is -2.05. The molecule has 1 atom stereocenters. The largest absolute Gasteiger partial charge is 0.382 e. The third-order valence-electron chi connectivity index (χ3n) is 2.64. The van der Waals surface area contributed by atoms with Crippen LogP contribution in [-0.2, 0) is 16.0 Å². The number of hydrogen-bond acceptors (Lipinski definition) is 5. The molecule has 0 aliphatic heterocycles. The van der Waals surface area contributed by atoms with Crippen LogP contribution in [0.5, 0.6) is 0 Å². The molecule has 6 heteroatoms. The fraction of sp³-hybridized carbons (Fsp3) is 0.833. The minimum Gasteiger partial charge on any atom is -0.382 e. The lowest BCUT2D eigenvalue weighted by molar-refractivity contribution is 0.0676. The van der Waals surface area contributed by atoms with Crippen molar-refractivity contribution in [2.45, 2.75) is 38.8 Å². The molecule has 104 valence electrons. The van der Waals surface area contributed by atoms with Crippen LogP contribution in [-0.4, -0.2) is 41.9 Å². The normalized spacial score (nSPS) is 12.8. The third-order valence-corrected chi connectivity index (χ3v) is 2.64. The van der Waals surface area contributed by atoms with Gasteiger partial charge < -0.3 is 15.2 Å². The Morgan fingerprint density at radius 1 is 1.39 bits per heavy atom. The number of aryl methyl sites for hydroxylation is 1. The van der Waals surface area contributed by atoms with Gasteiger partial charge in [-0.25, -0.2) is 0 Å². The molecule has 1 aromatic heterocycles. The van der Waals surface area contributed by atoms with Gasteiger partial charge in [-0.05, 0) is 12.8 Å². The first-order chi connectivity index (χ1) is 8.77. The van der Waals surface area contributed by atoms with Crippen LogP contribution in [0.1, 0.15) is 37.9 Å². The number of nitrogens with two attached hydrogens (primary N) is 1. The standard InChI is InChI=1S/C12H24N4O2/c1-3-5-11(13)12-10-16(15-14-12)6-4-7-18-9-8-17-2/h10-11H,3-9,13H2,1-2H3. The first-order valence-corrected chi connectivity index (χ1v) is 6.50. The van der Waals surface area contributed by atoms with Crippen molar-refractivity contribution in [1.82, 2.24) is 15.0 Å². The molecule has 2 N–H and O–H groups in total. The van der Waals surface area contributed by atoms with Crippen molar-refractivity contribution in [3.8, 4) is 0 Å². The van der Waals surface area contributed by atoms with Crippen LogP contribution in [0.15, 0.2) is 6.20 Å². The van der Waals surface area contributed by atoms with E-state index in [9.17, 15) is 0 Å². The molecule has 6 nitrogen and oxygen atoms in total. The molecule has 1 heterocycles. The average molecular weight is 256 g/mol. The summed E-state index contributed by atoms with van der Waals surface area (Å²) in [7, 11) is 1.67. The molecule has 0 radical (unpaired) electrons. The average Bonchev–Trinajstić information content (AvgIpc) is 2.83. The Labute approximate surface area is 108 Å². The Morgan fingerprint density at radius 3 is 2.94 bits per heavy atom. The van der Waals surface area contributed by atoms with Crippen LogP contribution in [0, 0.1) is 0 Å². The van der Waals surface area contributed by atoms with Crippen LogP contribution in [0.4, 0.5) is 0 Å². The number of hydrogen-bond donors (Lipinski definition) is 1. The number of methoxy groups -OCH3 is 1. The number of rotatable bonds is 10. The second-order valence-electron chi connectivity index (χ2n) is 4.26. The summed E-state index contributed by atoms with van der Waals surface area (Å²) in [6.45, 7) is 4.90. The molecule has 0 spiro atoms. The minimum absolute atomic E-state index is 0.00158. The summed E-state index contributed by atoms with van der Waals surface area (Å²) < 4.78 is 12.1. The molecular weight excluding hydrogens is 232 g/mol. The van der Waals surface area contributed by atoms with E-state index in [0.717, 1.165) is 31.5 Å². The van der Waals surface area contributed by atoms with Crippen LogP contribution in [0.3, 0.4) is 0 Å². The van der Waals surface area contributed by atoms with Gasteiger partial charge in [0.25, 0.3) is 0 Å². The van der Waals surface area contributed by atoms with E-state index in [1.165, 1.54) is 0 Å². The second-order valence-corrected chi connectivity index (χ2v) is 4.26. The molecule has 1 unspecified atom stereocenters. The minimum atomic E-state index is 0.00158. The molecular formula is C12H24N4O2. The molecule has 18 heavy (non-hydrogen) atoms. The lowest BCUT2D eigenvalue weighted by atomic mass is 10.1. The fourth-order valence-electron chi connectivity index (χ4n) is 1.62. The van der Waals surface area contributed by atoms with Gasteiger partial charge in [-0.15, -0.1) is 5.10 Å². The van der Waals surface area contributed by atoms with Crippen molar-refractivity contribution < 1.29 is 9.47 Å². The maximum atomic E-state index is 5.97. The first kappa shape index (κ1) is 15.1. The van der Waals surface area contributed by atoms with E-state index in [1.807, 2.05) is 10.9 Å². The highest BCUT2D eigenvalue weighted by Crippen LogP contribution is 2.11. The van der Waals surface area contributed by atoms with Crippen molar-refractivity contribution >= 4 is 0 Å². The molecule has 1 rings (SSSR count). The summed E-state index contributed by atoms with van der Waals surface area (Å²) in [6.07, 6.45) is 4.84. The number of ether oxygens (including phenoxy) is 2. The zero-order valence-corrected chi connectivity index (χ0v) is 11.3. The zero-order chi connectivity index (χ0) is 13.2. The van der Waals surface area contributed by atoms with Gasteiger partial charge in [0.1, 0.15) is 0 Å². The Hall–Kier alpha value is -0.980. The first-order valence-electron chi connectivity index (χ1n) is 6.50. The second kappa shape index (κ2) is 9.02. The number of aromatic nitrogens is 3. The van der Waals surface area contributed by atoms with E-state index >= 15 is 0 Å². The third kappa shape index (κ3) is 5.57. The highest BCUT2D eigenvalue weighted by Gasteiger charge is 2.09. The highest BCUT2D eigenvalue weighted by atomic mass is 16.5. The van der Waals surface area contributed by atoms with Gasteiger partial charge in [0.15, 0.2) is 0 Å². The predicted molar refractivity (Wildman–Crippen MR) is 69.2 cm³/mol. The van der Waals surface area contributed by atoms with Gasteiger partial charge in [-0.1, -0.05) is 18.6 Å². The van der Waals surface area contributed by atoms with Gasteiger partial charge in [0, 0.05) is 20.3 Å². The summed E-state index contributed by atoms with van der Waals surface area (Å²) >= 11 is 0. The van der Waals surface area contributed by atoms with Crippen molar-refractivity contribution in [3.63, 3.8) is 0 Å². The Bertz CT molecular complexity index is 317. The van der Waals surface area contributed by atoms with Crippen LogP contribution in [0.25, 0.3) is 0 Å². The maximum absolute atomic E-state index is 5.97. The smallest absolute Gasteiger partial charge is 0.0994 e. The Balaban J connectivity index is 2.19. The van der Waals surface area contributed by atoms with Gasteiger partial charge in [-0.3, -0.25) is 4.68 Å². The predicted octanol–water partition coefficient (Wildman–Crippen LogP) is 1.13. The van der Waals surface area contributed by atoms with Crippen LogP contribution < -0.4 is 5.73 Å². The van der Waals surface area contributed by atoms with Crippen molar-refractivity contribution in [1.29, 1.82) is 0 Å². The van der Waals surface area contributed by atoms with E-state index in [0.29, 0.717) is 19.8 Å². The lowest BCUT2D eigenvalue weighted by Crippen LogP contribution is -2.10. The molecule has 0 amide bonds. The summed E-state index contributed by atoms with van der Waals surface area (Å²) in [5, 5.41) is 8.15. The molecule has 0 aliphatic rings. The molecule has 0 aliphatic carbocycles. The Kier molecular flexibility index (Phi) is 7.55. The maximum Gasteiger partial charge on any atom is 0.0994 e. The van der Waals surface area contributed by atoms with E-state index in [-0.39, 0.29) is 6.04 Å². The molecule has 0 saturated heterocycles. The molecule has 0 aromatic carbocycles. The van der Waals surface area contributed by atoms with E-state index in [4.69, 9.17) is 15.2 Å². The van der Waals surface area contributed by atoms with Crippen molar-refractivity contribution in [3.05, 3.63) is 11.9 Å². The fourth-order valence-corrected chi connectivity index (χ4v) is 1.62. The van der Waals surface area contributed by atoms with Crippen molar-refractivity contribution in [2.75, 3.05) is 26.9 Å². The van der Waals surface area contributed by atoms with Crippen LogP contribution >= 0.6 is 0 Å². The highest BCUT2D eigenvalue weighted by molar-refractivity contribution is 4.99. The number of nitrogens with zero attached hydrogens (tertiary/aromatic N) is 3. The monoisotopic (exact) mass is 256 g/mol. The zero-order valence-electron chi connectivity index (χ0n) is 11.3. The van der Waals surface area contributed by atoms with Gasteiger partial charge in [0.05, 0.1) is 31.1 Å². The summed E-state index contributed by atoms with van der Waals surface area (Å²) in [4.78, 5) is 0. The van der Waals surface area contributed by atoms with Crippen molar-refractivity contribution in [2.24, 2.45) is 5.73 Å². The molecule has 0 saturated carbocycles. The summed E-state index contributed by atoms with van der Waals surface area (Å²) in [5.74, 6) is 0. The van der Waals surface area contributed by atoms with Crippen LogP contribution in [0.2, 0.25) is 0 Å². The quantitative estimate of drug-likeness (QED) is 0.635. The van der Waals surface area contributed by atoms with E-state index < -0.39 is 0 Å². The van der Waals surface area contributed by atoms with Gasteiger partial charge >= 0.3 is 0 Å². The topological polar surface area (TPSA) is 75.2 Å². The SMILES string of the molecule is CCCC(N)c1cn(CCCOCCOC)nn1. The Morgan fingerprint density at radius 2 is 2.22 bits per heavy atom. The molecule has 1 aromatic rings. The summed E-state index contributed by atoms with van der Waals surface area (Å²) in [6, 6.07) is 0.00158. The molecule has 0 fully saturated rings.